The summed E-state index contributed by atoms with van der Waals surface area (Å²) in [6, 6.07) is 3.55. The third-order valence-corrected chi connectivity index (χ3v) is 3.75. The molecule has 0 aliphatic heterocycles. The number of aliphatic hydroxyl groups is 1. The molecule has 1 aromatic heterocycles. The number of phenols is 1. The number of hydrogen-bond donors (Lipinski definition) is 3. The molecular formula is C16H14O6. The molecule has 6 nitrogen and oxygen atoms in total. The highest BCUT2D eigenvalue weighted by atomic mass is 16.5. The number of benzene rings is 1. The Morgan fingerprint density at radius 3 is 2.50 bits per heavy atom. The predicted octanol–water partition coefficient (Wildman–Crippen LogP) is 1.52. The van der Waals surface area contributed by atoms with Gasteiger partial charge >= 0.3 is 0 Å². The summed E-state index contributed by atoms with van der Waals surface area (Å²) in [5.41, 5.74) is 1.13. The minimum absolute atomic E-state index is 0.0625. The molecule has 1 unspecified atom stereocenters. The van der Waals surface area contributed by atoms with Crippen LogP contribution in [0.25, 0.3) is 11.3 Å². The largest absolute Gasteiger partial charge is 0.507 e. The van der Waals surface area contributed by atoms with Gasteiger partial charge in [-0.3, -0.25) is 9.59 Å². The molecule has 0 radical (unpaired) electrons. The molecule has 0 saturated carbocycles. The van der Waals surface area contributed by atoms with E-state index in [-0.39, 0.29) is 35.7 Å². The molecule has 3 rings (SSSR count). The summed E-state index contributed by atoms with van der Waals surface area (Å²) < 4.78 is 5.18. The van der Waals surface area contributed by atoms with Crippen molar-refractivity contribution in [2.45, 2.75) is 25.9 Å². The van der Waals surface area contributed by atoms with Crippen LogP contribution in [-0.2, 0) is 6.42 Å². The van der Waals surface area contributed by atoms with E-state index in [1.165, 1.54) is 12.1 Å². The van der Waals surface area contributed by atoms with Crippen LogP contribution in [0.3, 0.4) is 0 Å². The van der Waals surface area contributed by atoms with E-state index in [4.69, 9.17) is 4.42 Å². The van der Waals surface area contributed by atoms with E-state index in [1.54, 1.807) is 6.92 Å². The average Bonchev–Trinajstić information content (AvgIpc) is 2.35. The standard InChI is InChI=1S/C16H14O6/c1-7-2-11(19)16-10(3-8(17)4-12(16)20)15(7)13-5-9(18)6-14(21)22-13/h2,5-6,8,17,19,21H,3-4H2,1H3. The summed E-state index contributed by atoms with van der Waals surface area (Å²) in [5, 5.41) is 29.4. The van der Waals surface area contributed by atoms with Crippen LogP contribution in [0.4, 0.5) is 0 Å². The first kappa shape index (κ1) is 14.3. The topological polar surface area (TPSA) is 108 Å². The fourth-order valence-corrected chi connectivity index (χ4v) is 2.94. The predicted molar refractivity (Wildman–Crippen MR) is 77.1 cm³/mol. The molecular weight excluding hydrogens is 288 g/mol. The van der Waals surface area contributed by atoms with E-state index in [2.05, 4.69) is 0 Å². The van der Waals surface area contributed by atoms with Crippen molar-refractivity contribution < 1.29 is 24.5 Å². The highest BCUT2D eigenvalue weighted by molar-refractivity contribution is 6.03. The number of ketones is 1. The molecule has 0 spiro atoms. The number of aryl methyl sites for hydroxylation is 1. The Bertz CT molecular complexity index is 833. The second-order valence-electron chi connectivity index (χ2n) is 5.42. The van der Waals surface area contributed by atoms with Crippen LogP contribution in [-0.4, -0.2) is 27.2 Å². The number of hydrogen-bond acceptors (Lipinski definition) is 6. The SMILES string of the molecule is Cc1cc(O)c2c(c1-c1cc(=O)cc(O)o1)CC(O)CC2=O. The monoisotopic (exact) mass is 302 g/mol. The van der Waals surface area contributed by atoms with Gasteiger partial charge in [-0.15, -0.1) is 0 Å². The highest BCUT2D eigenvalue weighted by Gasteiger charge is 2.30. The minimum atomic E-state index is -0.857. The van der Waals surface area contributed by atoms with E-state index < -0.39 is 17.5 Å². The van der Waals surface area contributed by atoms with Gasteiger partial charge < -0.3 is 19.7 Å². The summed E-state index contributed by atoms with van der Waals surface area (Å²) in [6.45, 7) is 1.69. The van der Waals surface area contributed by atoms with E-state index in [0.717, 1.165) is 6.07 Å². The van der Waals surface area contributed by atoms with Crippen molar-refractivity contribution >= 4 is 5.78 Å². The fourth-order valence-electron chi connectivity index (χ4n) is 2.94. The molecule has 1 aromatic carbocycles. The lowest BCUT2D eigenvalue weighted by Crippen LogP contribution is -2.25. The molecule has 6 heteroatoms. The number of carbonyl (C=O) groups excluding carboxylic acids is 1. The number of Topliss-reactive ketones (excluding diaryl/α,β-unsaturated/α-hetero) is 1. The van der Waals surface area contributed by atoms with E-state index in [1.807, 2.05) is 0 Å². The number of carbonyl (C=O) groups is 1. The summed E-state index contributed by atoms with van der Waals surface area (Å²) in [4.78, 5) is 23.7. The van der Waals surface area contributed by atoms with Gasteiger partial charge in [0.2, 0.25) is 0 Å². The first-order valence-electron chi connectivity index (χ1n) is 6.78. The number of phenolic OH excluding ortho intramolecular Hbond substituents is 1. The Morgan fingerprint density at radius 1 is 1.09 bits per heavy atom. The van der Waals surface area contributed by atoms with Crippen molar-refractivity contribution in [2.75, 3.05) is 0 Å². The molecule has 1 atom stereocenters. The molecule has 3 N–H and O–H groups in total. The van der Waals surface area contributed by atoms with E-state index in [9.17, 15) is 24.9 Å². The molecule has 22 heavy (non-hydrogen) atoms. The normalized spacial score (nSPS) is 17.4. The average molecular weight is 302 g/mol. The molecule has 114 valence electrons. The third-order valence-electron chi connectivity index (χ3n) is 3.75. The first-order valence-corrected chi connectivity index (χ1v) is 6.78. The number of aromatic hydroxyl groups is 2. The quantitative estimate of drug-likeness (QED) is 0.737. The zero-order chi connectivity index (χ0) is 16.0. The van der Waals surface area contributed by atoms with Gasteiger partial charge in [0.25, 0.3) is 5.95 Å². The second-order valence-corrected chi connectivity index (χ2v) is 5.42. The smallest absolute Gasteiger partial charge is 0.286 e. The van der Waals surface area contributed by atoms with Gasteiger partial charge in [0, 0.05) is 24.5 Å². The first-order chi connectivity index (χ1) is 10.4. The van der Waals surface area contributed by atoms with Crippen molar-refractivity contribution in [1.82, 2.24) is 0 Å². The lowest BCUT2D eigenvalue weighted by molar-refractivity contribution is 0.0850. The van der Waals surface area contributed by atoms with Gasteiger partial charge in [0.15, 0.2) is 11.2 Å². The second kappa shape index (κ2) is 4.99. The van der Waals surface area contributed by atoms with Crippen LogP contribution in [0.1, 0.15) is 27.9 Å². The van der Waals surface area contributed by atoms with Crippen LogP contribution < -0.4 is 5.43 Å². The van der Waals surface area contributed by atoms with Crippen LogP contribution in [0.5, 0.6) is 11.7 Å². The van der Waals surface area contributed by atoms with Crippen LogP contribution in [0.15, 0.2) is 27.4 Å². The molecule has 1 aliphatic carbocycles. The Labute approximate surface area is 125 Å². The van der Waals surface area contributed by atoms with Gasteiger partial charge in [-0.1, -0.05) is 0 Å². The van der Waals surface area contributed by atoms with Gasteiger partial charge in [0.1, 0.15) is 11.5 Å². The maximum Gasteiger partial charge on any atom is 0.286 e. The fraction of sp³-hybridized carbons (Fsp3) is 0.250. The Morgan fingerprint density at radius 2 is 1.82 bits per heavy atom. The number of aliphatic hydroxyl groups excluding tert-OH is 1. The van der Waals surface area contributed by atoms with Crippen molar-refractivity contribution in [3.63, 3.8) is 0 Å². The lowest BCUT2D eigenvalue weighted by atomic mass is 9.82. The van der Waals surface area contributed by atoms with E-state index >= 15 is 0 Å². The minimum Gasteiger partial charge on any atom is -0.507 e. The molecule has 0 fully saturated rings. The van der Waals surface area contributed by atoms with Gasteiger partial charge in [-0.05, 0) is 24.1 Å². The summed E-state index contributed by atoms with van der Waals surface area (Å²) >= 11 is 0. The Kier molecular flexibility index (Phi) is 3.26. The summed E-state index contributed by atoms with van der Waals surface area (Å²) in [7, 11) is 0. The number of rotatable bonds is 1. The number of fused-ring (bicyclic) bond motifs is 1. The van der Waals surface area contributed by atoms with Gasteiger partial charge in [0.05, 0.1) is 17.7 Å². The Hall–Kier alpha value is -2.60. The van der Waals surface area contributed by atoms with Crippen LogP contribution in [0.2, 0.25) is 0 Å². The van der Waals surface area contributed by atoms with E-state index in [0.29, 0.717) is 16.7 Å². The molecule has 2 aromatic rings. The highest BCUT2D eigenvalue weighted by Crippen LogP contribution is 2.39. The molecule has 1 aliphatic rings. The van der Waals surface area contributed by atoms with Crippen molar-refractivity contribution in [1.29, 1.82) is 0 Å². The van der Waals surface area contributed by atoms with Crippen LogP contribution >= 0.6 is 0 Å². The molecule has 0 amide bonds. The Balaban J connectivity index is 2.35. The molecule has 0 saturated heterocycles. The van der Waals surface area contributed by atoms with Crippen molar-refractivity contribution in [2.24, 2.45) is 0 Å². The lowest BCUT2D eigenvalue weighted by Gasteiger charge is -2.24. The maximum atomic E-state index is 12.1. The zero-order valence-electron chi connectivity index (χ0n) is 11.8. The molecule has 1 heterocycles. The third kappa shape index (κ3) is 2.27. The summed E-state index contributed by atoms with van der Waals surface area (Å²) in [5.74, 6) is -0.960. The van der Waals surface area contributed by atoms with Crippen molar-refractivity contribution in [3.05, 3.63) is 45.1 Å². The van der Waals surface area contributed by atoms with Gasteiger partial charge in [-0.25, -0.2) is 0 Å². The molecule has 0 bridgehead atoms. The zero-order valence-corrected chi connectivity index (χ0v) is 11.8. The summed E-state index contributed by atoms with van der Waals surface area (Å²) in [6.07, 6.45) is -0.762. The van der Waals surface area contributed by atoms with Crippen LogP contribution in [0, 0.1) is 6.92 Å². The van der Waals surface area contributed by atoms with Crippen molar-refractivity contribution in [3.8, 4) is 23.0 Å². The maximum absolute atomic E-state index is 12.1. The van der Waals surface area contributed by atoms with Gasteiger partial charge in [-0.2, -0.15) is 0 Å².